The van der Waals surface area contributed by atoms with E-state index in [9.17, 15) is 13.2 Å². The number of anilines is 1. The van der Waals surface area contributed by atoms with Gasteiger partial charge in [-0.25, -0.2) is 8.42 Å². The second-order valence-electron chi connectivity index (χ2n) is 6.23. The molecule has 8 heteroatoms. The fourth-order valence-corrected chi connectivity index (χ4v) is 4.17. The lowest BCUT2D eigenvalue weighted by atomic mass is 10.2. The van der Waals surface area contributed by atoms with Gasteiger partial charge in [-0.1, -0.05) is 48.5 Å². The fraction of sp³-hybridized carbons (Fsp3) is 0.143. The van der Waals surface area contributed by atoms with E-state index in [0.717, 1.165) is 15.9 Å². The van der Waals surface area contributed by atoms with E-state index in [-0.39, 0.29) is 18.1 Å². The first-order chi connectivity index (χ1) is 14.0. The number of aromatic nitrogens is 2. The molecule has 150 valence electrons. The number of carbonyl (C=O) groups excluding carboxylic acids is 1. The predicted octanol–water partition coefficient (Wildman–Crippen LogP) is 4.05. The van der Waals surface area contributed by atoms with Gasteiger partial charge in [0.15, 0.2) is 9.84 Å². The number of nitrogens with one attached hydrogen (secondary N) is 1. The van der Waals surface area contributed by atoms with Crippen LogP contribution in [0.1, 0.15) is 12.0 Å². The van der Waals surface area contributed by atoms with E-state index in [2.05, 4.69) is 10.4 Å². The Labute approximate surface area is 174 Å². The van der Waals surface area contributed by atoms with Crippen molar-refractivity contribution in [2.75, 3.05) is 11.1 Å². The first kappa shape index (κ1) is 20.9. The quantitative estimate of drug-likeness (QED) is 0.521. The number of rotatable bonds is 9. The van der Waals surface area contributed by atoms with Gasteiger partial charge in [0.2, 0.25) is 5.91 Å². The molecule has 2 aromatic carbocycles. The van der Waals surface area contributed by atoms with E-state index in [4.69, 9.17) is 0 Å². The Kier molecular flexibility index (Phi) is 7.26. The highest BCUT2D eigenvalue weighted by Crippen LogP contribution is 2.19. The van der Waals surface area contributed by atoms with Gasteiger partial charge in [0, 0.05) is 22.9 Å². The highest BCUT2D eigenvalue weighted by atomic mass is 32.2. The second kappa shape index (κ2) is 10.1. The average Bonchev–Trinajstić information content (AvgIpc) is 3.18. The van der Waals surface area contributed by atoms with Crippen molar-refractivity contribution >= 4 is 39.3 Å². The summed E-state index contributed by atoms with van der Waals surface area (Å²) in [4.78, 5) is 13.2. The van der Waals surface area contributed by atoms with Gasteiger partial charge in [0.25, 0.3) is 0 Å². The summed E-state index contributed by atoms with van der Waals surface area (Å²) >= 11 is 1.62. The summed E-state index contributed by atoms with van der Waals surface area (Å²) in [6, 6.07) is 19.1. The second-order valence-corrected chi connectivity index (χ2v) is 9.26. The molecule has 0 fully saturated rings. The number of carbonyl (C=O) groups is 1. The third kappa shape index (κ3) is 7.24. The van der Waals surface area contributed by atoms with Crippen LogP contribution in [-0.4, -0.2) is 29.9 Å². The van der Waals surface area contributed by atoms with Crippen molar-refractivity contribution in [1.29, 1.82) is 0 Å². The molecule has 0 atom stereocenters. The Bertz CT molecular complexity index is 1060. The van der Waals surface area contributed by atoms with Crippen LogP contribution in [0, 0.1) is 0 Å². The van der Waals surface area contributed by atoms with Crippen molar-refractivity contribution in [3.05, 3.63) is 84.0 Å². The third-order valence-corrected chi connectivity index (χ3v) is 6.23. The van der Waals surface area contributed by atoms with Crippen molar-refractivity contribution in [3.8, 4) is 0 Å². The normalized spacial score (nSPS) is 11.6. The van der Waals surface area contributed by atoms with E-state index in [1.165, 1.54) is 6.08 Å². The van der Waals surface area contributed by atoms with Crippen molar-refractivity contribution in [2.45, 2.75) is 17.2 Å². The molecule has 0 aliphatic heterocycles. The van der Waals surface area contributed by atoms with Gasteiger partial charge in [-0.2, -0.15) is 5.10 Å². The Balaban J connectivity index is 1.45. The highest BCUT2D eigenvalue weighted by molar-refractivity contribution is 7.98. The number of hydrogen-bond donors (Lipinski definition) is 1. The smallest absolute Gasteiger partial charge is 0.225 e. The Morgan fingerprint density at radius 3 is 2.48 bits per heavy atom. The molecule has 0 radical (unpaired) electrons. The van der Waals surface area contributed by atoms with Gasteiger partial charge in [-0.15, -0.1) is 11.8 Å². The van der Waals surface area contributed by atoms with E-state index >= 15 is 0 Å². The minimum Gasteiger partial charge on any atom is -0.323 e. The molecule has 0 aliphatic rings. The van der Waals surface area contributed by atoms with Crippen LogP contribution < -0.4 is 5.32 Å². The average molecular weight is 428 g/mol. The maximum Gasteiger partial charge on any atom is 0.225 e. The lowest BCUT2D eigenvalue weighted by molar-refractivity contribution is -0.115. The number of amides is 1. The van der Waals surface area contributed by atoms with E-state index < -0.39 is 9.84 Å². The molecule has 6 nitrogen and oxygen atoms in total. The zero-order chi connectivity index (χ0) is 20.5. The molecule has 0 bridgehead atoms. The lowest BCUT2D eigenvalue weighted by Gasteiger charge is -2.03. The predicted molar refractivity (Wildman–Crippen MR) is 117 cm³/mol. The molecule has 1 aromatic heterocycles. The summed E-state index contributed by atoms with van der Waals surface area (Å²) in [7, 11) is -3.47. The number of nitrogens with zero attached hydrogens (tertiary/aromatic N) is 2. The summed E-state index contributed by atoms with van der Waals surface area (Å²) < 4.78 is 25.9. The maximum absolute atomic E-state index is 12.1. The number of benzene rings is 2. The minimum absolute atomic E-state index is 0.120. The molecule has 0 aliphatic carbocycles. The van der Waals surface area contributed by atoms with E-state index in [1.54, 1.807) is 28.8 Å². The van der Waals surface area contributed by atoms with Crippen LogP contribution in [0.3, 0.4) is 0 Å². The Morgan fingerprint density at radius 2 is 1.76 bits per heavy atom. The highest BCUT2D eigenvalue weighted by Gasteiger charge is 2.11. The SMILES string of the molecule is O=C(CCS(=O)(=O)/C=C/c1ccccc1)Nc1cnn(CSc2ccccc2)c1. The molecule has 0 saturated heterocycles. The summed E-state index contributed by atoms with van der Waals surface area (Å²) in [5.41, 5.74) is 1.34. The van der Waals surface area contributed by atoms with Gasteiger partial charge in [0.05, 0.1) is 23.5 Å². The Morgan fingerprint density at radius 1 is 1.07 bits per heavy atom. The lowest BCUT2D eigenvalue weighted by Crippen LogP contribution is -2.16. The van der Waals surface area contributed by atoms with Crippen LogP contribution in [0.15, 0.2) is 83.4 Å². The van der Waals surface area contributed by atoms with E-state index in [0.29, 0.717) is 11.6 Å². The molecule has 3 rings (SSSR count). The molecular weight excluding hydrogens is 406 g/mol. The van der Waals surface area contributed by atoms with Gasteiger partial charge in [0.1, 0.15) is 0 Å². The van der Waals surface area contributed by atoms with Gasteiger partial charge in [-0.05, 0) is 23.8 Å². The first-order valence-electron chi connectivity index (χ1n) is 8.96. The summed E-state index contributed by atoms with van der Waals surface area (Å²) in [5.74, 6) is -0.00411. The summed E-state index contributed by atoms with van der Waals surface area (Å²) in [6.45, 7) is 0. The summed E-state index contributed by atoms with van der Waals surface area (Å²) in [6.07, 6.45) is 4.68. The number of sulfone groups is 1. The number of thioether (sulfide) groups is 1. The van der Waals surface area contributed by atoms with Crippen LogP contribution in [-0.2, 0) is 20.5 Å². The first-order valence-corrected chi connectivity index (χ1v) is 11.7. The van der Waals surface area contributed by atoms with Crippen LogP contribution >= 0.6 is 11.8 Å². The van der Waals surface area contributed by atoms with Crippen LogP contribution in [0.4, 0.5) is 5.69 Å². The molecular formula is C21H21N3O3S2. The van der Waals surface area contributed by atoms with Crippen molar-refractivity contribution in [1.82, 2.24) is 9.78 Å². The fourth-order valence-electron chi connectivity index (χ4n) is 2.43. The van der Waals surface area contributed by atoms with Crippen LogP contribution in [0.2, 0.25) is 0 Å². The molecule has 0 unspecified atom stereocenters. The van der Waals surface area contributed by atoms with Gasteiger partial charge < -0.3 is 5.32 Å². The largest absolute Gasteiger partial charge is 0.323 e. The minimum atomic E-state index is -3.47. The molecule has 3 aromatic rings. The molecule has 1 amide bonds. The van der Waals surface area contributed by atoms with E-state index in [1.807, 2.05) is 60.7 Å². The maximum atomic E-state index is 12.1. The zero-order valence-corrected chi connectivity index (χ0v) is 17.3. The van der Waals surface area contributed by atoms with Crippen molar-refractivity contribution in [3.63, 3.8) is 0 Å². The molecule has 1 N–H and O–H groups in total. The summed E-state index contributed by atoms with van der Waals surface area (Å²) in [5, 5.41) is 8.04. The van der Waals surface area contributed by atoms with Crippen molar-refractivity contribution in [2.24, 2.45) is 0 Å². The van der Waals surface area contributed by atoms with Gasteiger partial charge in [-0.3, -0.25) is 9.48 Å². The molecule has 0 saturated carbocycles. The molecule has 0 spiro atoms. The van der Waals surface area contributed by atoms with Crippen LogP contribution in [0.25, 0.3) is 6.08 Å². The Hall–Kier alpha value is -2.84. The molecule has 1 heterocycles. The standard InChI is InChI=1S/C21H21N3O3S2/c25-21(12-14-29(26,27)13-11-18-7-3-1-4-8-18)23-19-15-22-24(16-19)17-28-20-9-5-2-6-10-20/h1-11,13,15-16H,12,14,17H2,(H,23,25)/b13-11+. The zero-order valence-electron chi connectivity index (χ0n) is 15.6. The number of hydrogen-bond acceptors (Lipinski definition) is 5. The van der Waals surface area contributed by atoms with Gasteiger partial charge >= 0.3 is 0 Å². The molecule has 29 heavy (non-hydrogen) atoms. The monoisotopic (exact) mass is 427 g/mol. The van der Waals surface area contributed by atoms with Crippen LogP contribution in [0.5, 0.6) is 0 Å². The van der Waals surface area contributed by atoms with Crippen molar-refractivity contribution < 1.29 is 13.2 Å². The topological polar surface area (TPSA) is 81.1 Å². The third-order valence-electron chi connectivity index (χ3n) is 3.90.